The molecule has 1 aromatic carbocycles. The lowest BCUT2D eigenvalue weighted by Crippen LogP contribution is -2.39. The van der Waals surface area contributed by atoms with Crippen LogP contribution in [0.15, 0.2) is 24.3 Å². The summed E-state index contributed by atoms with van der Waals surface area (Å²) in [7, 11) is 0. The smallest absolute Gasteiger partial charge is 0.408 e. The zero-order valence-corrected chi connectivity index (χ0v) is 10.2. The second-order valence-electron chi connectivity index (χ2n) is 4.04. The molecular weight excluding hydrogens is 232 g/mol. The van der Waals surface area contributed by atoms with Crippen LogP contribution in [0.1, 0.15) is 24.1 Å². The van der Waals surface area contributed by atoms with Crippen LogP contribution >= 0.6 is 0 Å². The van der Waals surface area contributed by atoms with Crippen molar-refractivity contribution in [2.24, 2.45) is 0 Å². The molecule has 1 heterocycles. The Morgan fingerprint density at radius 3 is 3.06 bits per heavy atom. The van der Waals surface area contributed by atoms with Gasteiger partial charge in [-0.15, -0.1) is 0 Å². The van der Waals surface area contributed by atoms with Gasteiger partial charge in [0.2, 0.25) is 5.91 Å². The first-order valence-corrected chi connectivity index (χ1v) is 6.01. The van der Waals surface area contributed by atoms with E-state index in [9.17, 15) is 9.59 Å². The van der Waals surface area contributed by atoms with Gasteiger partial charge in [-0.05, 0) is 24.5 Å². The minimum atomic E-state index is -0.678. The lowest BCUT2D eigenvalue weighted by molar-refractivity contribution is -0.123. The first-order valence-electron chi connectivity index (χ1n) is 6.01. The highest BCUT2D eigenvalue weighted by atomic mass is 16.5. The molecule has 0 spiro atoms. The number of fused-ring (bicyclic) bond motifs is 1. The fourth-order valence-electron chi connectivity index (χ4n) is 2.04. The third kappa shape index (κ3) is 2.61. The van der Waals surface area contributed by atoms with E-state index in [2.05, 4.69) is 10.6 Å². The van der Waals surface area contributed by atoms with E-state index in [0.717, 1.165) is 17.5 Å². The molecule has 1 aliphatic rings. The largest absolute Gasteiger partial charge is 0.450 e. The summed E-state index contributed by atoms with van der Waals surface area (Å²) in [5.74, 6) is -0.201. The number of alkyl carbamates (subject to hydrolysis) is 1. The van der Waals surface area contributed by atoms with Crippen LogP contribution in [0.25, 0.3) is 0 Å². The van der Waals surface area contributed by atoms with Crippen molar-refractivity contribution in [1.29, 1.82) is 0 Å². The molecular formula is C13H16N2O3. The van der Waals surface area contributed by atoms with Gasteiger partial charge in [-0.3, -0.25) is 4.79 Å². The molecule has 0 saturated heterocycles. The van der Waals surface area contributed by atoms with Gasteiger partial charge in [-0.25, -0.2) is 4.79 Å². The van der Waals surface area contributed by atoms with Crippen molar-refractivity contribution in [2.45, 2.75) is 19.4 Å². The molecule has 2 N–H and O–H groups in total. The average Bonchev–Trinajstić information content (AvgIpc) is 2.51. The van der Waals surface area contributed by atoms with E-state index in [1.54, 1.807) is 6.92 Å². The third-order valence-electron chi connectivity index (χ3n) is 2.86. The number of hydrogen-bond donors (Lipinski definition) is 2. The standard InChI is InChI=1S/C13H16N2O3/c1-2-18-13(17)15-11-10-6-4-3-5-9(10)7-8-14-12(11)16/h3-6,11H,2,7-8H2,1H3,(H,14,16)(H,15,17)/t11-/m0/s1. The molecule has 0 aliphatic carbocycles. The topological polar surface area (TPSA) is 67.4 Å². The van der Waals surface area contributed by atoms with Crippen molar-refractivity contribution < 1.29 is 14.3 Å². The molecule has 0 bridgehead atoms. The number of amides is 2. The number of ether oxygens (including phenoxy) is 1. The van der Waals surface area contributed by atoms with E-state index in [1.165, 1.54) is 0 Å². The molecule has 0 unspecified atom stereocenters. The molecule has 0 saturated carbocycles. The second-order valence-corrected chi connectivity index (χ2v) is 4.04. The maximum absolute atomic E-state index is 11.9. The number of benzene rings is 1. The number of carbonyl (C=O) groups is 2. The summed E-state index contributed by atoms with van der Waals surface area (Å²) >= 11 is 0. The highest BCUT2D eigenvalue weighted by molar-refractivity contribution is 5.87. The Balaban J connectivity index is 2.25. The Bertz CT molecular complexity index is 459. The van der Waals surface area contributed by atoms with E-state index in [-0.39, 0.29) is 12.5 Å². The van der Waals surface area contributed by atoms with Gasteiger partial charge in [0, 0.05) is 6.54 Å². The minimum absolute atomic E-state index is 0.201. The first kappa shape index (κ1) is 12.4. The second kappa shape index (κ2) is 5.53. The molecule has 96 valence electrons. The highest BCUT2D eigenvalue weighted by Gasteiger charge is 2.27. The summed E-state index contributed by atoms with van der Waals surface area (Å²) in [4.78, 5) is 23.4. The Morgan fingerprint density at radius 2 is 2.28 bits per heavy atom. The number of carbonyl (C=O) groups excluding carboxylic acids is 2. The van der Waals surface area contributed by atoms with Crippen LogP contribution in [-0.4, -0.2) is 25.2 Å². The fourth-order valence-corrected chi connectivity index (χ4v) is 2.04. The quantitative estimate of drug-likeness (QED) is 0.825. The van der Waals surface area contributed by atoms with Crippen molar-refractivity contribution in [2.75, 3.05) is 13.2 Å². The van der Waals surface area contributed by atoms with Gasteiger partial charge in [0.1, 0.15) is 6.04 Å². The average molecular weight is 248 g/mol. The van der Waals surface area contributed by atoms with Crippen LogP contribution in [0.2, 0.25) is 0 Å². The maximum Gasteiger partial charge on any atom is 0.408 e. The normalized spacial score (nSPS) is 18.3. The van der Waals surface area contributed by atoms with Crippen LogP contribution in [0.5, 0.6) is 0 Å². The first-order chi connectivity index (χ1) is 8.72. The van der Waals surface area contributed by atoms with Gasteiger partial charge < -0.3 is 15.4 Å². The number of hydrogen-bond acceptors (Lipinski definition) is 3. The molecule has 0 radical (unpaired) electrons. The SMILES string of the molecule is CCOC(=O)N[C@@H]1C(=O)NCCc2ccccc21. The Hall–Kier alpha value is -2.04. The Kier molecular flexibility index (Phi) is 3.82. The van der Waals surface area contributed by atoms with Crippen LogP contribution in [0.4, 0.5) is 4.79 Å². The van der Waals surface area contributed by atoms with Crippen LogP contribution in [0.3, 0.4) is 0 Å². The summed E-state index contributed by atoms with van der Waals surface area (Å²) in [6.07, 6.45) is 0.192. The van der Waals surface area contributed by atoms with E-state index in [1.807, 2.05) is 24.3 Å². The van der Waals surface area contributed by atoms with Crippen molar-refractivity contribution in [3.63, 3.8) is 0 Å². The molecule has 1 aromatic rings. The number of rotatable bonds is 2. The molecule has 0 aromatic heterocycles. The van der Waals surface area contributed by atoms with E-state index in [4.69, 9.17) is 4.74 Å². The molecule has 1 atom stereocenters. The maximum atomic E-state index is 11.9. The molecule has 5 heteroatoms. The molecule has 1 aliphatic heterocycles. The van der Waals surface area contributed by atoms with Crippen LogP contribution in [0, 0.1) is 0 Å². The van der Waals surface area contributed by atoms with Crippen molar-refractivity contribution in [3.05, 3.63) is 35.4 Å². The zero-order chi connectivity index (χ0) is 13.0. The van der Waals surface area contributed by atoms with E-state index >= 15 is 0 Å². The molecule has 2 amide bonds. The van der Waals surface area contributed by atoms with Gasteiger partial charge in [0.25, 0.3) is 0 Å². The van der Waals surface area contributed by atoms with E-state index < -0.39 is 12.1 Å². The Morgan fingerprint density at radius 1 is 1.50 bits per heavy atom. The highest BCUT2D eigenvalue weighted by Crippen LogP contribution is 2.21. The van der Waals surface area contributed by atoms with Crippen molar-refractivity contribution in [3.8, 4) is 0 Å². The van der Waals surface area contributed by atoms with Gasteiger partial charge >= 0.3 is 6.09 Å². The summed E-state index contributed by atoms with van der Waals surface area (Å²) in [6, 6.07) is 6.93. The van der Waals surface area contributed by atoms with Crippen LogP contribution < -0.4 is 10.6 Å². The van der Waals surface area contributed by atoms with Gasteiger partial charge in [0.05, 0.1) is 6.61 Å². The van der Waals surface area contributed by atoms with Crippen molar-refractivity contribution in [1.82, 2.24) is 10.6 Å². The predicted molar refractivity (Wildman–Crippen MR) is 66.1 cm³/mol. The van der Waals surface area contributed by atoms with Crippen LogP contribution in [-0.2, 0) is 16.0 Å². The molecule has 18 heavy (non-hydrogen) atoms. The zero-order valence-electron chi connectivity index (χ0n) is 10.2. The summed E-state index contributed by atoms with van der Waals surface area (Å²) in [5, 5.41) is 5.37. The lowest BCUT2D eigenvalue weighted by atomic mass is 9.99. The molecule has 5 nitrogen and oxygen atoms in total. The molecule has 0 fully saturated rings. The summed E-state index contributed by atoms with van der Waals surface area (Å²) in [6.45, 7) is 2.58. The monoisotopic (exact) mass is 248 g/mol. The van der Waals surface area contributed by atoms with E-state index in [0.29, 0.717) is 6.54 Å². The predicted octanol–water partition coefficient (Wildman–Crippen LogP) is 1.15. The molecule has 2 rings (SSSR count). The summed E-state index contributed by atoms with van der Waals surface area (Å²) < 4.78 is 4.82. The summed E-state index contributed by atoms with van der Waals surface area (Å²) in [5.41, 5.74) is 1.90. The van der Waals surface area contributed by atoms with Gasteiger partial charge in [0.15, 0.2) is 0 Å². The fraction of sp³-hybridized carbons (Fsp3) is 0.385. The Labute approximate surface area is 106 Å². The lowest BCUT2D eigenvalue weighted by Gasteiger charge is -2.17. The van der Waals surface area contributed by atoms with Gasteiger partial charge in [-0.2, -0.15) is 0 Å². The van der Waals surface area contributed by atoms with Gasteiger partial charge in [-0.1, -0.05) is 24.3 Å². The minimum Gasteiger partial charge on any atom is -0.450 e. The number of nitrogens with one attached hydrogen (secondary N) is 2. The van der Waals surface area contributed by atoms with Crippen molar-refractivity contribution >= 4 is 12.0 Å². The third-order valence-corrected chi connectivity index (χ3v) is 2.86.